The van der Waals surface area contributed by atoms with Gasteiger partial charge in [-0.25, -0.2) is 21.2 Å². The summed E-state index contributed by atoms with van der Waals surface area (Å²) >= 11 is 0. The molecule has 11 heteroatoms. The maximum absolute atomic E-state index is 13.4. The zero-order chi connectivity index (χ0) is 23.5. The van der Waals surface area contributed by atoms with Gasteiger partial charge in [-0.15, -0.1) is 0 Å². The van der Waals surface area contributed by atoms with Crippen LogP contribution in [0.1, 0.15) is 5.56 Å². The SMILES string of the molecule is COc1ccc(NS(=O)(=O)c2ccc(OC)c(NS(=O)(=O)c3ccc(F)cc3C)c2)cc1. The van der Waals surface area contributed by atoms with Crippen LogP contribution in [0.4, 0.5) is 15.8 Å². The molecule has 0 bridgehead atoms. The lowest BCUT2D eigenvalue weighted by Gasteiger charge is -2.15. The number of methoxy groups -OCH3 is 2. The fourth-order valence-corrected chi connectivity index (χ4v) is 5.29. The summed E-state index contributed by atoms with van der Waals surface area (Å²) in [4.78, 5) is -0.340. The minimum absolute atomic E-state index is 0.0890. The second kappa shape index (κ2) is 9.05. The van der Waals surface area contributed by atoms with Gasteiger partial charge in [0, 0.05) is 5.69 Å². The molecule has 2 N–H and O–H groups in total. The van der Waals surface area contributed by atoms with Crippen molar-refractivity contribution in [1.82, 2.24) is 0 Å². The van der Waals surface area contributed by atoms with Crippen LogP contribution in [0.5, 0.6) is 11.5 Å². The Morgan fingerprint density at radius 2 is 1.47 bits per heavy atom. The first-order chi connectivity index (χ1) is 15.1. The van der Waals surface area contributed by atoms with Crippen molar-refractivity contribution in [2.24, 2.45) is 0 Å². The molecule has 0 unspecified atom stereocenters. The third-order valence-electron chi connectivity index (χ3n) is 4.49. The standard InChI is InChI=1S/C21H21FN2O6S2/c1-14-12-15(22)4-11-21(14)32(27,28)24-19-13-18(9-10-20(19)30-3)31(25,26)23-16-5-7-17(29-2)8-6-16/h4-13,23-24H,1-3H3. The summed E-state index contributed by atoms with van der Waals surface area (Å²) < 4.78 is 79.7. The highest BCUT2D eigenvalue weighted by molar-refractivity contribution is 7.93. The summed E-state index contributed by atoms with van der Waals surface area (Å²) in [6, 6.07) is 13.2. The molecule has 8 nitrogen and oxygen atoms in total. The number of ether oxygens (including phenoxy) is 2. The van der Waals surface area contributed by atoms with Gasteiger partial charge >= 0.3 is 0 Å². The van der Waals surface area contributed by atoms with E-state index in [-0.39, 0.29) is 26.8 Å². The Morgan fingerprint density at radius 1 is 0.781 bits per heavy atom. The van der Waals surface area contributed by atoms with Crippen molar-refractivity contribution >= 4 is 31.4 Å². The third kappa shape index (κ3) is 5.11. The van der Waals surface area contributed by atoms with Crippen LogP contribution in [0.25, 0.3) is 0 Å². The molecule has 0 heterocycles. The molecular formula is C21H21FN2O6S2. The van der Waals surface area contributed by atoms with Crippen molar-refractivity contribution in [1.29, 1.82) is 0 Å². The molecule has 0 aliphatic carbocycles. The Bertz CT molecular complexity index is 1340. The fourth-order valence-electron chi connectivity index (χ4n) is 2.92. The first kappa shape index (κ1) is 23.4. The molecule has 0 aromatic heterocycles. The number of hydrogen-bond acceptors (Lipinski definition) is 6. The van der Waals surface area contributed by atoms with Crippen LogP contribution in [-0.4, -0.2) is 31.1 Å². The lowest BCUT2D eigenvalue weighted by Crippen LogP contribution is -2.17. The Morgan fingerprint density at radius 3 is 2.06 bits per heavy atom. The van der Waals surface area contributed by atoms with Gasteiger partial charge in [-0.3, -0.25) is 9.44 Å². The predicted octanol–water partition coefficient (Wildman–Crippen LogP) is 3.75. The lowest BCUT2D eigenvalue weighted by atomic mass is 10.2. The summed E-state index contributed by atoms with van der Waals surface area (Å²) in [5.74, 6) is 0.0960. The molecule has 170 valence electrons. The van der Waals surface area contributed by atoms with Crippen LogP contribution in [-0.2, 0) is 20.0 Å². The Labute approximate surface area is 186 Å². The molecule has 3 aromatic rings. The average molecular weight is 481 g/mol. The second-order valence-electron chi connectivity index (χ2n) is 6.71. The van der Waals surface area contributed by atoms with E-state index in [1.54, 1.807) is 12.1 Å². The van der Waals surface area contributed by atoms with E-state index in [4.69, 9.17) is 9.47 Å². The van der Waals surface area contributed by atoms with Gasteiger partial charge < -0.3 is 9.47 Å². The van der Waals surface area contributed by atoms with Crippen LogP contribution in [0.15, 0.2) is 70.5 Å². The Hall–Kier alpha value is -3.31. The highest BCUT2D eigenvalue weighted by Crippen LogP contribution is 2.31. The van der Waals surface area contributed by atoms with Gasteiger partial charge in [-0.05, 0) is 73.2 Å². The van der Waals surface area contributed by atoms with Crippen molar-refractivity contribution in [3.63, 3.8) is 0 Å². The van der Waals surface area contributed by atoms with Gasteiger partial charge in [0.25, 0.3) is 20.0 Å². The number of sulfonamides is 2. The zero-order valence-corrected chi connectivity index (χ0v) is 19.1. The number of aryl methyl sites for hydroxylation is 1. The van der Waals surface area contributed by atoms with E-state index in [2.05, 4.69) is 9.44 Å². The lowest BCUT2D eigenvalue weighted by molar-refractivity contribution is 0.415. The Balaban J connectivity index is 1.95. The topological polar surface area (TPSA) is 111 Å². The van der Waals surface area contributed by atoms with Crippen molar-refractivity contribution in [2.75, 3.05) is 23.7 Å². The van der Waals surface area contributed by atoms with Gasteiger partial charge in [-0.2, -0.15) is 0 Å². The normalized spacial score (nSPS) is 11.6. The van der Waals surface area contributed by atoms with Crippen LogP contribution in [0.2, 0.25) is 0 Å². The zero-order valence-electron chi connectivity index (χ0n) is 17.4. The molecule has 0 spiro atoms. The molecular weight excluding hydrogens is 459 g/mol. The summed E-state index contributed by atoms with van der Waals surface area (Å²) in [5, 5.41) is 0. The largest absolute Gasteiger partial charge is 0.497 e. The van der Waals surface area contributed by atoms with E-state index in [1.165, 1.54) is 45.4 Å². The molecule has 3 rings (SSSR count). The summed E-state index contributed by atoms with van der Waals surface area (Å²) in [6.07, 6.45) is 0. The molecule has 3 aromatic carbocycles. The molecule has 0 amide bonds. The first-order valence-electron chi connectivity index (χ1n) is 9.19. The molecule has 0 aliphatic rings. The van der Waals surface area contributed by atoms with E-state index in [9.17, 15) is 21.2 Å². The second-order valence-corrected chi connectivity index (χ2v) is 10.0. The number of halogens is 1. The molecule has 32 heavy (non-hydrogen) atoms. The van der Waals surface area contributed by atoms with Crippen molar-refractivity contribution in [3.8, 4) is 11.5 Å². The molecule has 0 saturated heterocycles. The maximum atomic E-state index is 13.4. The molecule has 0 aliphatic heterocycles. The molecule has 0 radical (unpaired) electrons. The minimum Gasteiger partial charge on any atom is -0.497 e. The van der Waals surface area contributed by atoms with Crippen LogP contribution < -0.4 is 18.9 Å². The smallest absolute Gasteiger partial charge is 0.262 e. The van der Waals surface area contributed by atoms with Crippen molar-refractivity contribution in [3.05, 3.63) is 72.0 Å². The van der Waals surface area contributed by atoms with Gasteiger partial charge in [0.05, 0.1) is 29.7 Å². The number of nitrogens with one attached hydrogen (secondary N) is 2. The van der Waals surface area contributed by atoms with Gasteiger partial charge in [0.1, 0.15) is 17.3 Å². The predicted molar refractivity (Wildman–Crippen MR) is 119 cm³/mol. The highest BCUT2D eigenvalue weighted by atomic mass is 32.2. The summed E-state index contributed by atoms with van der Waals surface area (Å²) in [6.45, 7) is 1.45. The molecule has 0 saturated carbocycles. The number of hydrogen-bond donors (Lipinski definition) is 2. The van der Waals surface area contributed by atoms with Crippen molar-refractivity contribution < 1.29 is 30.7 Å². The monoisotopic (exact) mass is 480 g/mol. The van der Waals surface area contributed by atoms with Gasteiger partial charge in [-0.1, -0.05) is 0 Å². The fraction of sp³-hybridized carbons (Fsp3) is 0.143. The number of rotatable bonds is 8. The Kier molecular flexibility index (Phi) is 6.60. The van der Waals surface area contributed by atoms with E-state index in [0.29, 0.717) is 11.4 Å². The van der Waals surface area contributed by atoms with E-state index in [0.717, 1.165) is 24.3 Å². The molecule has 0 atom stereocenters. The highest BCUT2D eigenvalue weighted by Gasteiger charge is 2.22. The van der Waals surface area contributed by atoms with E-state index < -0.39 is 25.9 Å². The number of anilines is 2. The van der Waals surface area contributed by atoms with Gasteiger partial charge in [0.2, 0.25) is 0 Å². The van der Waals surface area contributed by atoms with Crippen LogP contribution in [0, 0.1) is 12.7 Å². The minimum atomic E-state index is -4.15. The van der Waals surface area contributed by atoms with Gasteiger partial charge in [0.15, 0.2) is 0 Å². The first-order valence-corrected chi connectivity index (χ1v) is 12.2. The average Bonchev–Trinajstić information content (AvgIpc) is 2.73. The van der Waals surface area contributed by atoms with Crippen LogP contribution >= 0.6 is 0 Å². The maximum Gasteiger partial charge on any atom is 0.262 e. The molecule has 0 fully saturated rings. The third-order valence-corrected chi connectivity index (χ3v) is 7.40. The van der Waals surface area contributed by atoms with Crippen molar-refractivity contribution in [2.45, 2.75) is 16.7 Å². The van der Waals surface area contributed by atoms with E-state index in [1.807, 2.05) is 0 Å². The van der Waals surface area contributed by atoms with E-state index >= 15 is 0 Å². The quantitative estimate of drug-likeness (QED) is 0.508. The number of benzene rings is 3. The summed E-state index contributed by atoms with van der Waals surface area (Å²) in [7, 11) is -5.38. The summed E-state index contributed by atoms with van der Waals surface area (Å²) in [5.41, 5.74) is 0.404. The van der Waals surface area contributed by atoms with Crippen LogP contribution in [0.3, 0.4) is 0 Å².